The Morgan fingerprint density at radius 2 is 1.68 bits per heavy atom. The van der Waals surface area contributed by atoms with Gasteiger partial charge in [0.1, 0.15) is 11.4 Å². The number of rotatable bonds is 4. The maximum absolute atomic E-state index is 10.8. The van der Waals surface area contributed by atoms with Crippen LogP contribution in [-0.2, 0) is 5.60 Å². The second kappa shape index (κ2) is 5.67. The summed E-state index contributed by atoms with van der Waals surface area (Å²) < 4.78 is 15.9. The van der Waals surface area contributed by atoms with Gasteiger partial charge < -0.3 is 24.6 Å². The highest BCUT2D eigenvalue weighted by molar-refractivity contribution is 5.53. The van der Waals surface area contributed by atoms with Crippen LogP contribution in [0.2, 0.25) is 0 Å². The van der Waals surface area contributed by atoms with Crippen molar-refractivity contribution in [1.29, 1.82) is 0 Å². The number of hydrogen-bond donors (Lipinski definition) is 2. The lowest BCUT2D eigenvalue weighted by Gasteiger charge is -2.34. The number of benzene rings is 1. The van der Waals surface area contributed by atoms with Gasteiger partial charge in [-0.3, -0.25) is 0 Å². The summed E-state index contributed by atoms with van der Waals surface area (Å²) in [5.41, 5.74) is -0.191. The fraction of sp³-hybridized carbons (Fsp3) is 0.571. The summed E-state index contributed by atoms with van der Waals surface area (Å²) in [6.07, 6.45) is 1.62. The van der Waals surface area contributed by atoms with Crippen LogP contribution in [-0.4, -0.2) is 39.5 Å². The molecule has 0 bridgehead atoms. The van der Waals surface area contributed by atoms with E-state index in [9.17, 15) is 5.11 Å². The van der Waals surface area contributed by atoms with Crippen molar-refractivity contribution in [2.75, 3.05) is 34.4 Å². The molecule has 0 radical (unpaired) electrons. The summed E-state index contributed by atoms with van der Waals surface area (Å²) in [7, 11) is 4.75. The first-order valence-electron chi connectivity index (χ1n) is 6.38. The average molecular weight is 267 g/mol. The Labute approximate surface area is 113 Å². The quantitative estimate of drug-likeness (QED) is 0.860. The summed E-state index contributed by atoms with van der Waals surface area (Å²) >= 11 is 0. The fourth-order valence-corrected chi connectivity index (χ4v) is 2.51. The van der Waals surface area contributed by atoms with E-state index in [1.54, 1.807) is 33.5 Å². The lowest BCUT2D eigenvalue weighted by atomic mass is 9.86. The number of hydrogen-bond acceptors (Lipinski definition) is 5. The van der Waals surface area contributed by atoms with Crippen molar-refractivity contribution in [3.63, 3.8) is 0 Å². The smallest absolute Gasteiger partial charge is 0.164 e. The first kappa shape index (κ1) is 14.0. The van der Waals surface area contributed by atoms with Gasteiger partial charge in [0.25, 0.3) is 0 Å². The summed E-state index contributed by atoms with van der Waals surface area (Å²) in [6, 6.07) is 3.55. The second-order valence-corrected chi connectivity index (χ2v) is 4.72. The predicted octanol–water partition coefficient (Wildman–Crippen LogP) is 1.28. The predicted molar refractivity (Wildman–Crippen MR) is 72.1 cm³/mol. The maximum Gasteiger partial charge on any atom is 0.164 e. The first-order valence-corrected chi connectivity index (χ1v) is 6.38. The number of methoxy groups -OCH3 is 3. The first-order chi connectivity index (χ1) is 9.14. The highest BCUT2D eigenvalue weighted by Gasteiger charge is 2.35. The minimum Gasteiger partial charge on any atom is -0.496 e. The minimum atomic E-state index is -0.927. The van der Waals surface area contributed by atoms with Crippen molar-refractivity contribution in [2.24, 2.45) is 0 Å². The molecule has 1 heterocycles. The zero-order chi connectivity index (χ0) is 13.9. The van der Waals surface area contributed by atoms with Crippen molar-refractivity contribution in [3.05, 3.63) is 17.7 Å². The van der Waals surface area contributed by atoms with Crippen molar-refractivity contribution in [2.45, 2.75) is 18.4 Å². The lowest BCUT2D eigenvalue weighted by molar-refractivity contribution is 0.00999. The molecule has 1 aliphatic rings. The summed E-state index contributed by atoms with van der Waals surface area (Å²) in [4.78, 5) is 0. The SMILES string of the molecule is COc1cc(OC)c(C2(O)CCCNC2)cc1OC. The molecule has 0 amide bonds. The topological polar surface area (TPSA) is 60.0 Å². The van der Waals surface area contributed by atoms with Crippen molar-refractivity contribution < 1.29 is 19.3 Å². The van der Waals surface area contributed by atoms with E-state index in [0.717, 1.165) is 18.5 Å². The molecule has 1 saturated heterocycles. The zero-order valence-electron chi connectivity index (χ0n) is 11.7. The summed E-state index contributed by atoms with van der Waals surface area (Å²) in [5, 5.41) is 14.0. The van der Waals surface area contributed by atoms with Gasteiger partial charge in [0.05, 0.1) is 21.3 Å². The molecular formula is C14H21NO4. The van der Waals surface area contributed by atoms with Gasteiger partial charge in [0.15, 0.2) is 11.5 Å². The van der Waals surface area contributed by atoms with Gasteiger partial charge in [-0.2, -0.15) is 0 Å². The molecule has 1 atom stereocenters. The lowest BCUT2D eigenvalue weighted by Crippen LogP contribution is -2.43. The summed E-state index contributed by atoms with van der Waals surface area (Å²) in [6.45, 7) is 1.44. The Bertz CT molecular complexity index is 441. The van der Waals surface area contributed by atoms with Crippen molar-refractivity contribution >= 4 is 0 Å². The molecule has 5 heteroatoms. The van der Waals surface area contributed by atoms with Gasteiger partial charge in [0.2, 0.25) is 0 Å². The second-order valence-electron chi connectivity index (χ2n) is 4.72. The molecule has 0 saturated carbocycles. The Morgan fingerprint density at radius 1 is 1.05 bits per heavy atom. The van der Waals surface area contributed by atoms with E-state index >= 15 is 0 Å². The van der Waals surface area contributed by atoms with Crippen LogP contribution in [0.3, 0.4) is 0 Å². The standard InChI is InChI=1S/C14H21NO4/c1-17-11-8-13(19-3)12(18-2)7-10(11)14(16)5-4-6-15-9-14/h7-8,15-16H,4-6,9H2,1-3H3. The largest absolute Gasteiger partial charge is 0.496 e. The van der Waals surface area contributed by atoms with Crippen molar-refractivity contribution in [1.82, 2.24) is 5.32 Å². The van der Waals surface area contributed by atoms with Crippen LogP contribution in [0.25, 0.3) is 0 Å². The van der Waals surface area contributed by atoms with Crippen LogP contribution in [0, 0.1) is 0 Å². The molecule has 0 aromatic heterocycles. The highest BCUT2D eigenvalue weighted by Crippen LogP contribution is 2.41. The van der Waals surface area contributed by atoms with Crippen LogP contribution in [0.1, 0.15) is 18.4 Å². The molecule has 2 N–H and O–H groups in total. The van der Waals surface area contributed by atoms with Crippen LogP contribution in [0.4, 0.5) is 0 Å². The fourth-order valence-electron chi connectivity index (χ4n) is 2.51. The van der Waals surface area contributed by atoms with Crippen LogP contribution < -0.4 is 19.5 Å². The van der Waals surface area contributed by atoms with Gasteiger partial charge in [-0.15, -0.1) is 0 Å². The third kappa shape index (κ3) is 2.62. The van der Waals surface area contributed by atoms with Crippen molar-refractivity contribution in [3.8, 4) is 17.2 Å². The van der Waals surface area contributed by atoms with Gasteiger partial charge >= 0.3 is 0 Å². The molecule has 0 aliphatic carbocycles. The van der Waals surface area contributed by atoms with E-state index in [1.807, 2.05) is 0 Å². The number of β-amino-alcohol motifs (C(OH)–C–C–N with tert-alkyl or cyclic N) is 1. The van der Waals surface area contributed by atoms with Crippen LogP contribution in [0.15, 0.2) is 12.1 Å². The molecular weight excluding hydrogens is 246 g/mol. The normalized spacial score (nSPS) is 22.9. The van der Waals surface area contributed by atoms with E-state index in [4.69, 9.17) is 14.2 Å². The molecule has 0 spiro atoms. The van der Waals surface area contributed by atoms with E-state index in [2.05, 4.69) is 5.32 Å². The van der Waals surface area contributed by atoms with E-state index < -0.39 is 5.60 Å². The summed E-state index contributed by atoms with van der Waals surface area (Å²) in [5.74, 6) is 1.80. The van der Waals surface area contributed by atoms with Crippen LogP contribution >= 0.6 is 0 Å². The number of piperidine rings is 1. The number of aliphatic hydroxyl groups is 1. The molecule has 1 fully saturated rings. The number of ether oxygens (including phenoxy) is 3. The Hall–Kier alpha value is -1.46. The zero-order valence-corrected chi connectivity index (χ0v) is 11.7. The van der Waals surface area contributed by atoms with Gasteiger partial charge in [-0.25, -0.2) is 0 Å². The Kier molecular flexibility index (Phi) is 4.17. The van der Waals surface area contributed by atoms with Gasteiger partial charge in [-0.1, -0.05) is 0 Å². The molecule has 1 aromatic rings. The molecule has 19 heavy (non-hydrogen) atoms. The maximum atomic E-state index is 10.8. The Balaban J connectivity index is 2.48. The van der Waals surface area contributed by atoms with Gasteiger partial charge in [-0.05, 0) is 25.5 Å². The van der Waals surface area contributed by atoms with E-state index in [-0.39, 0.29) is 0 Å². The van der Waals surface area contributed by atoms with Crippen LogP contribution in [0.5, 0.6) is 17.2 Å². The molecule has 1 aliphatic heterocycles. The van der Waals surface area contributed by atoms with E-state index in [0.29, 0.717) is 30.2 Å². The molecule has 2 rings (SSSR count). The third-order valence-corrected chi connectivity index (χ3v) is 3.57. The minimum absolute atomic E-state index is 0.513. The monoisotopic (exact) mass is 267 g/mol. The Morgan fingerprint density at radius 3 is 2.21 bits per heavy atom. The van der Waals surface area contributed by atoms with E-state index in [1.165, 1.54) is 0 Å². The molecule has 5 nitrogen and oxygen atoms in total. The molecule has 1 aromatic carbocycles. The third-order valence-electron chi connectivity index (χ3n) is 3.57. The molecule has 1 unspecified atom stereocenters. The molecule has 106 valence electrons. The average Bonchev–Trinajstić information content (AvgIpc) is 2.46. The highest BCUT2D eigenvalue weighted by atomic mass is 16.5. The van der Waals surface area contributed by atoms with Gasteiger partial charge in [0, 0.05) is 18.2 Å². The number of nitrogens with one attached hydrogen (secondary N) is 1.